The number of nitrogens with zero attached hydrogens (tertiary/aromatic N) is 2. The van der Waals surface area contributed by atoms with Crippen molar-refractivity contribution in [2.24, 2.45) is 0 Å². The molecule has 0 bridgehead atoms. The third-order valence-corrected chi connectivity index (χ3v) is 4.05. The minimum atomic E-state index is -0.816. The summed E-state index contributed by atoms with van der Waals surface area (Å²) >= 11 is 1.28. The maximum Gasteiger partial charge on any atom is 0.313 e. The summed E-state index contributed by atoms with van der Waals surface area (Å²) in [5.41, 5.74) is 1.15. The number of hydrogen-bond donors (Lipinski definition) is 1. The number of aromatic nitrogens is 2. The van der Waals surface area contributed by atoms with Gasteiger partial charge in [-0.25, -0.2) is 4.98 Å². The smallest absolute Gasteiger partial charge is 0.313 e. The fourth-order valence-electron chi connectivity index (χ4n) is 1.97. The average Bonchev–Trinajstić information content (AvgIpc) is 2.83. The van der Waals surface area contributed by atoms with E-state index >= 15 is 0 Å². The second kappa shape index (κ2) is 9.84. The number of ether oxygens (including phenoxy) is 1. The molecule has 1 rings (SSSR count). The van der Waals surface area contributed by atoms with Crippen molar-refractivity contribution in [2.75, 3.05) is 19.0 Å². The summed E-state index contributed by atoms with van der Waals surface area (Å²) in [6, 6.07) is 0. The first-order valence-electron chi connectivity index (χ1n) is 7.54. The highest BCUT2D eigenvalue weighted by Gasteiger charge is 2.14. The Bertz CT molecular complexity index is 433. The van der Waals surface area contributed by atoms with Gasteiger partial charge in [0.1, 0.15) is 0 Å². The maximum atomic E-state index is 10.7. The van der Waals surface area contributed by atoms with E-state index in [1.54, 1.807) is 0 Å². The van der Waals surface area contributed by atoms with E-state index in [0.29, 0.717) is 5.92 Å². The average molecular weight is 314 g/mol. The van der Waals surface area contributed by atoms with E-state index in [1.165, 1.54) is 11.8 Å². The molecule has 0 unspecified atom stereocenters. The van der Waals surface area contributed by atoms with Crippen LogP contribution in [0.1, 0.15) is 51.6 Å². The largest absolute Gasteiger partial charge is 0.481 e. The zero-order chi connectivity index (χ0) is 15.7. The number of unbranched alkanes of at least 4 members (excludes halogenated alkanes) is 1. The van der Waals surface area contributed by atoms with Gasteiger partial charge in [0, 0.05) is 31.6 Å². The Hall–Kier alpha value is -1.01. The second-order valence-corrected chi connectivity index (χ2v) is 6.22. The summed E-state index contributed by atoms with van der Waals surface area (Å²) in [7, 11) is 0. The predicted octanol–water partition coefficient (Wildman–Crippen LogP) is 3.39. The molecule has 6 heteroatoms. The lowest BCUT2D eigenvalue weighted by Crippen LogP contribution is -2.10. The van der Waals surface area contributed by atoms with E-state index in [9.17, 15) is 4.79 Å². The highest BCUT2D eigenvalue weighted by molar-refractivity contribution is 7.99. The van der Waals surface area contributed by atoms with Gasteiger partial charge in [0.05, 0.1) is 5.75 Å². The van der Waals surface area contributed by atoms with Crippen molar-refractivity contribution >= 4 is 17.7 Å². The summed E-state index contributed by atoms with van der Waals surface area (Å²) in [6.07, 6.45) is 5.02. The number of hydrogen-bond acceptors (Lipinski definition) is 4. The maximum absolute atomic E-state index is 10.7. The SMILES string of the molecule is CCCCOCCCn1c(C(C)C)cnc1SCC(=O)O. The fourth-order valence-corrected chi connectivity index (χ4v) is 2.70. The zero-order valence-electron chi connectivity index (χ0n) is 13.2. The lowest BCUT2D eigenvalue weighted by atomic mass is 10.1. The normalized spacial score (nSPS) is 11.2. The molecule has 120 valence electrons. The van der Waals surface area contributed by atoms with E-state index in [-0.39, 0.29) is 5.75 Å². The second-order valence-electron chi connectivity index (χ2n) is 5.27. The molecule has 0 atom stereocenters. The van der Waals surface area contributed by atoms with Gasteiger partial charge in [-0.05, 0) is 18.8 Å². The van der Waals surface area contributed by atoms with Crippen LogP contribution in [0.4, 0.5) is 0 Å². The van der Waals surface area contributed by atoms with E-state index in [1.807, 2.05) is 6.20 Å². The van der Waals surface area contributed by atoms with Crippen molar-refractivity contribution in [3.05, 3.63) is 11.9 Å². The van der Waals surface area contributed by atoms with Gasteiger partial charge in [0.2, 0.25) is 0 Å². The van der Waals surface area contributed by atoms with Crippen LogP contribution in [0.5, 0.6) is 0 Å². The first-order chi connectivity index (χ1) is 10.1. The van der Waals surface area contributed by atoms with Crippen molar-refractivity contribution < 1.29 is 14.6 Å². The third kappa shape index (κ3) is 6.52. The quantitative estimate of drug-likeness (QED) is 0.501. The van der Waals surface area contributed by atoms with Crippen molar-refractivity contribution in [1.82, 2.24) is 9.55 Å². The van der Waals surface area contributed by atoms with Gasteiger partial charge in [0.15, 0.2) is 5.16 Å². The van der Waals surface area contributed by atoms with Crippen LogP contribution in [0.3, 0.4) is 0 Å². The number of thioether (sulfide) groups is 1. The van der Waals surface area contributed by atoms with E-state index in [0.717, 1.165) is 49.9 Å². The Morgan fingerprint density at radius 1 is 1.43 bits per heavy atom. The van der Waals surface area contributed by atoms with Crippen LogP contribution < -0.4 is 0 Å². The molecule has 0 saturated carbocycles. The number of rotatable bonds is 11. The molecule has 0 saturated heterocycles. The fraction of sp³-hybridized carbons (Fsp3) is 0.733. The number of carboxylic acid groups (broad SMARTS) is 1. The molecule has 0 fully saturated rings. The third-order valence-electron chi connectivity index (χ3n) is 3.08. The van der Waals surface area contributed by atoms with Gasteiger partial charge in [-0.3, -0.25) is 4.79 Å². The first kappa shape index (κ1) is 18.0. The minimum absolute atomic E-state index is 0.0432. The van der Waals surface area contributed by atoms with E-state index in [2.05, 4.69) is 30.3 Å². The Balaban J connectivity index is 2.55. The van der Waals surface area contributed by atoms with E-state index in [4.69, 9.17) is 9.84 Å². The highest BCUT2D eigenvalue weighted by Crippen LogP contribution is 2.23. The molecular weight excluding hydrogens is 288 g/mol. The molecule has 0 amide bonds. The molecule has 0 radical (unpaired) electrons. The van der Waals surface area contributed by atoms with Crippen LogP contribution in [-0.2, 0) is 16.1 Å². The molecule has 0 spiro atoms. The van der Waals surface area contributed by atoms with Crippen molar-refractivity contribution in [3.63, 3.8) is 0 Å². The standard InChI is InChI=1S/C15H26N2O3S/c1-4-5-8-20-9-6-7-17-13(12(2)3)10-16-15(17)21-11-14(18)19/h10,12H,4-9,11H2,1-3H3,(H,18,19). The predicted molar refractivity (Wildman–Crippen MR) is 85.0 cm³/mol. The van der Waals surface area contributed by atoms with Gasteiger partial charge in [-0.15, -0.1) is 0 Å². The first-order valence-corrected chi connectivity index (χ1v) is 8.52. The Kier molecular flexibility index (Phi) is 8.45. The summed E-state index contributed by atoms with van der Waals surface area (Å²) in [5.74, 6) is -0.400. The summed E-state index contributed by atoms with van der Waals surface area (Å²) in [6.45, 7) is 8.77. The topological polar surface area (TPSA) is 64.4 Å². The van der Waals surface area contributed by atoms with E-state index < -0.39 is 5.97 Å². The van der Waals surface area contributed by atoms with Crippen LogP contribution in [-0.4, -0.2) is 39.6 Å². The van der Waals surface area contributed by atoms with Crippen LogP contribution >= 0.6 is 11.8 Å². The minimum Gasteiger partial charge on any atom is -0.481 e. The van der Waals surface area contributed by atoms with Crippen LogP contribution in [0, 0.1) is 0 Å². The summed E-state index contributed by atoms with van der Waals surface area (Å²) in [4.78, 5) is 15.1. The van der Waals surface area contributed by atoms with Gasteiger partial charge >= 0.3 is 5.97 Å². The lowest BCUT2D eigenvalue weighted by Gasteiger charge is -2.13. The molecule has 1 N–H and O–H groups in total. The van der Waals surface area contributed by atoms with Crippen molar-refractivity contribution in [2.45, 2.75) is 57.7 Å². The molecule has 21 heavy (non-hydrogen) atoms. The monoisotopic (exact) mass is 314 g/mol. The Morgan fingerprint density at radius 2 is 2.14 bits per heavy atom. The molecular formula is C15H26N2O3S. The lowest BCUT2D eigenvalue weighted by molar-refractivity contribution is -0.133. The molecule has 0 aromatic carbocycles. The van der Waals surface area contributed by atoms with Crippen LogP contribution in [0.25, 0.3) is 0 Å². The Morgan fingerprint density at radius 3 is 2.76 bits per heavy atom. The summed E-state index contributed by atoms with van der Waals surface area (Å²) < 4.78 is 7.70. The molecule has 1 aromatic rings. The Labute approximate surface area is 131 Å². The number of imidazole rings is 1. The molecule has 0 aliphatic rings. The summed E-state index contributed by atoms with van der Waals surface area (Å²) in [5, 5.41) is 9.59. The van der Waals surface area contributed by atoms with Gasteiger partial charge in [0.25, 0.3) is 0 Å². The van der Waals surface area contributed by atoms with Gasteiger partial charge < -0.3 is 14.4 Å². The highest BCUT2D eigenvalue weighted by atomic mass is 32.2. The molecule has 0 aliphatic carbocycles. The van der Waals surface area contributed by atoms with Gasteiger partial charge in [-0.2, -0.15) is 0 Å². The van der Waals surface area contributed by atoms with Crippen molar-refractivity contribution in [1.29, 1.82) is 0 Å². The number of carbonyl (C=O) groups is 1. The zero-order valence-corrected chi connectivity index (χ0v) is 14.0. The van der Waals surface area contributed by atoms with Gasteiger partial charge in [-0.1, -0.05) is 39.0 Å². The number of carboxylic acids is 1. The molecule has 0 aliphatic heterocycles. The molecule has 1 aromatic heterocycles. The van der Waals surface area contributed by atoms with Crippen molar-refractivity contribution in [3.8, 4) is 0 Å². The van der Waals surface area contributed by atoms with Crippen LogP contribution in [0.2, 0.25) is 0 Å². The molecule has 1 heterocycles. The van der Waals surface area contributed by atoms with Crippen LogP contribution in [0.15, 0.2) is 11.4 Å². The number of aliphatic carboxylic acids is 1. The molecule has 5 nitrogen and oxygen atoms in total.